The summed E-state index contributed by atoms with van der Waals surface area (Å²) >= 11 is 0. The lowest BCUT2D eigenvalue weighted by molar-refractivity contribution is -0.121. The fourth-order valence-electron chi connectivity index (χ4n) is 4.65. The zero-order valence-corrected chi connectivity index (χ0v) is 24.6. The molecule has 0 radical (unpaired) electrons. The second kappa shape index (κ2) is 13.4. The van der Waals surface area contributed by atoms with Crippen LogP contribution in [0.2, 0.25) is 0 Å². The fourth-order valence-corrected chi connectivity index (χ4v) is 6.45. The molecule has 212 valence electrons. The van der Waals surface area contributed by atoms with Crippen molar-refractivity contribution in [1.82, 2.24) is 9.73 Å². The molecule has 8 heteroatoms. The van der Waals surface area contributed by atoms with Crippen LogP contribution in [-0.2, 0) is 28.0 Å². The zero-order chi connectivity index (χ0) is 29.4. The van der Waals surface area contributed by atoms with Crippen molar-refractivity contribution in [1.29, 1.82) is 0 Å². The number of nitrogens with zero attached hydrogens (tertiary/aromatic N) is 2. The topological polar surface area (TPSA) is 88.1 Å². The van der Waals surface area contributed by atoms with Gasteiger partial charge < -0.3 is 4.74 Å². The van der Waals surface area contributed by atoms with Gasteiger partial charge in [-0.05, 0) is 62.1 Å². The largest absolute Gasteiger partial charge is 0.488 e. The highest BCUT2D eigenvalue weighted by Crippen LogP contribution is 2.26. The first kappa shape index (κ1) is 29.7. The van der Waals surface area contributed by atoms with Gasteiger partial charge in [0.25, 0.3) is 5.91 Å². The number of carbonyl (C=O) groups excluding carboxylic acids is 1. The number of aryl methyl sites for hydroxylation is 4. The van der Waals surface area contributed by atoms with Crippen LogP contribution in [0, 0.1) is 27.7 Å². The fraction of sp³-hybridized carbons (Fsp3) is 0.212. The standard InChI is InChI=1S/C33H35N3O4S/c1-24-14-16-28(17-15-24)21-36(41(38,39)33-26(3)18-25(2)19-27(33)4)22-32(37)35-34-20-30-12-8-9-13-31(30)40-23-29-10-6-5-7-11-29/h5-20H,21-23H2,1-4H3,(H,35,37)/b34-20+. The van der Waals surface area contributed by atoms with Crippen molar-refractivity contribution in [3.05, 3.63) is 130 Å². The Hall–Kier alpha value is -4.27. The summed E-state index contributed by atoms with van der Waals surface area (Å²) in [6, 6.07) is 28.4. The smallest absolute Gasteiger partial charge is 0.255 e. The Labute approximate surface area is 242 Å². The molecule has 0 unspecified atom stereocenters. The normalized spacial score (nSPS) is 11.6. The number of hydrogen-bond acceptors (Lipinski definition) is 5. The number of carbonyl (C=O) groups is 1. The van der Waals surface area contributed by atoms with Gasteiger partial charge in [-0.2, -0.15) is 9.41 Å². The molecule has 0 atom stereocenters. The molecule has 0 saturated heterocycles. The van der Waals surface area contributed by atoms with Crippen LogP contribution in [0.5, 0.6) is 5.75 Å². The first-order valence-electron chi connectivity index (χ1n) is 13.3. The average molecular weight is 570 g/mol. The Morgan fingerprint density at radius 3 is 2.15 bits per heavy atom. The Kier molecular flexibility index (Phi) is 9.70. The number of rotatable bonds is 11. The van der Waals surface area contributed by atoms with E-state index >= 15 is 0 Å². The Morgan fingerprint density at radius 2 is 1.46 bits per heavy atom. The monoisotopic (exact) mass is 569 g/mol. The number of hydrogen-bond donors (Lipinski definition) is 1. The molecule has 0 aliphatic carbocycles. The highest BCUT2D eigenvalue weighted by molar-refractivity contribution is 7.89. The molecule has 0 bridgehead atoms. The van der Waals surface area contributed by atoms with Crippen LogP contribution < -0.4 is 10.2 Å². The van der Waals surface area contributed by atoms with Crippen LogP contribution >= 0.6 is 0 Å². The van der Waals surface area contributed by atoms with E-state index in [1.165, 1.54) is 10.5 Å². The van der Waals surface area contributed by atoms with Crippen LogP contribution in [-0.4, -0.2) is 31.4 Å². The Morgan fingerprint density at radius 1 is 0.829 bits per heavy atom. The first-order valence-corrected chi connectivity index (χ1v) is 14.8. The second-order valence-corrected chi connectivity index (χ2v) is 12.0. The minimum Gasteiger partial charge on any atom is -0.488 e. The lowest BCUT2D eigenvalue weighted by atomic mass is 10.1. The van der Waals surface area contributed by atoms with Crippen molar-refractivity contribution in [2.45, 2.75) is 45.7 Å². The van der Waals surface area contributed by atoms with Gasteiger partial charge in [0, 0.05) is 12.1 Å². The molecule has 0 spiro atoms. The molecule has 41 heavy (non-hydrogen) atoms. The highest BCUT2D eigenvalue weighted by atomic mass is 32.2. The van der Waals surface area contributed by atoms with Gasteiger partial charge >= 0.3 is 0 Å². The average Bonchev–Trinajstić information content (AvgIpc) is 2.93. The van der Waals surface area contributed by atoms with E-state index in [-0.39, 0.29) is 11.4 Å². The zero-order valence-electron chi connectivity index (χ0n) is 23.8. The van der Waals surface area contributed by atoms with Gasteiger partial charge in [-0.25, -0.2) is 13.8 Å². The third kappa shape index (κ3) is 7.90. The number of para-hydroxylation sites is 1. The van der Waals surface area contributed by atoms with Crippen molar-refractivity contribution >= 4 is 22.1 Å². The minimum absolute atomic E-state index is 0.0443. The lowest BCUT2D eigenvalue weighted by Gasteiger charge is -2.24. The van der Waals surface area contributed by atoms with E-state index in [4.69, 9.17) is 4.74 Å². The predicted molar refractivity (Wildman–Crippen MR) is 162 cm³/mol. The van der Waals surface area contributed by atoms with Crippen LogP contribution in [0.4, 0.5) is 0 Å². The van der Waals surface area contributed by atoms with Gasteiger partial charge in [-0.15, -0.1) is 0 Å². The third-order valence-electron chi connectivity index (χ3n) is 6.55. The third-order valence-corrected chi connectivity index (χ3v) is 8.65. The summed E-state index contributed by atoms with van der Waals surface area (Å²) in [5, 5.41) is 4.10. The summed E-state index contributed by atoms with van der Waals surface area (Å²) in [5.74, 6) is 0.0605. The van der Waals surface area contributed by atoms with Gasteiger partial charge in [0.15, 0.2) is 0 Å². The van der Waals surface area contributed by atoms with Crippen LogP contribution in [0.25, 0.3) is 0 Å². The van der Waals surface area contributed by atoms with Crippen molar-refractivity contribution in [2.24, 2.45) is 5.10 Å². The molecule has 4 aromatic rings. The van der Waals surface area contributed by atoms with Crippen molar-refractivity contribution in [2.75, 3.05) is 6.54 Å². The Bertz CT molecular complexity index is 1610. The molecule has 0 aliphatic heterocycles. The molecule has 0 aromatic heterocycles. The summed E-state index contributed by atoms with van der Waals surface area (Å²) in [5.41, 5.74) is 8.30. The van der Waals surface area contributed by atoms with Gasteiger partial charge in [0.1, 0.15) is 12.4 Å². The van der Waals surface area contributed by atoms with E-state index in [2.05, 4.69) is 10.5 Å². The SMILES string of the molecule is Cc1ccc(CN(CC(=O)N/N=C/c2ccccc2OCc2ccccc2)S(=O)(=O)c2c(C)cc(C)cc2C)cc1. The summed E-state index contributed by atoms with van der Waals surface area (Å²) in [7, 11) is -4.00. The van der Waals surface area contributed by atoms with E-state index in [0.717, 1.165) is 22.3 Å². The van der Waals surface area contributed by atoms with Crippen molar-refractivity contribution in [3.63, 3.8) is 0 Å². The lowest BCUT2D eigenvalue weighted by Crippen LogP contribution is -2.39. The highest BCUT2D eigenvalue weighted by Gasteiger charge is 2.30. The van der Waals surface area contributed by atoms with Crippen LogP contribution in [0.1, 0.15) is 38.9 Å². The summed E-state index contributed by atoms with van der Waals surface area (Å²) in [4.78, 5) is 13.2. The molecule has 1 amide bonds. The van der Waals surface area contributed by atoms with Gasteiger partial charge in [0.2, 0.25) is 10.0 Å². The molecule has 0 fully saturated rings. The van der Waals surface area contributed by atoms with E-state index in [1.54, 1.807) is 13.8 Å². The van der Waals surface area contributed by atoms with Gasteiger partial charge in [0.05, 0.1) is 17.7 Å². The molecule has 7 nitrogen and oxygen atoms in total. The molecule has 4 aromatic carbocycles. The van der Waals surface area contributed by atoms with E-state index in [9.17, 15) is 13.2 Å². The van der Waals surface area contributed by atoms with E-state index in [1.807, 2.05) is 105 Å². The first-order chi connectivity index (χ1) is 19.6. The molecular formula is C33H35N3O4S. The molecule has 0 aliphatic rings. The van der Waals surface area contributed by atoms with Crippen molar-refractivity contribution in [3.8, 4) is 5.75 Å². The Balaban J connectivity index is 1.51. The number of hydrazone groups is 1. The van der Waals surface area contributed by atoms with Gasteiger partial charge in [-0.1, -0.05) is 90.0 Å². The number of amides is 1. The maximum absolute atomic E-state index is 13.9. The maximum Gasteiger partial charge on any atom is 0.255 e. The second-order valence-electron chi connectivity index (χ2n) is 10.1. The number of benzene rings is 4. The maximum atomic E-state index is 13.9. The molecule has 1 N–H and O–H groups in total. The van der Waals surface area contributed by atoms with E-state index in [0.29, 0.717) is 29.0 Å². The molecular weight excluding hydrogens is 534 g/mol. The summed E-state index contributed by atoms with van der Waals surface area (Å²) in [6.45, 7) is 7.48. The molecule has 0 heterocycles. The van der Waals surface area contributed by atoms with Crippen LogP contribution in [0.15, 0.2) is 101 Å². The molecule has 0 saturated carbocycles. The number of sulfonamides is 1. The summed E-state index contributed by atoms with van der Waals surface area (Å²) in [6.07, 6.45) is 1.49. The number of nitrogens with one attached hydrogen (secondary N) is 1. The predicted octanol–water partition coefficient (Wildman–Crippen LogP) is 5.84. The van der Waals surface area contributed by atoms with Crippen molar-refractivity contribution < 1.29 is 17.9 Å². The van der Waals surface area contributed by atoms with E-state index < -0.39 is 22.5 Å². The summed E-state index contributed by atoms with van der Waals surface area (Å²) < 4.78 is 35.0. The van der Waals surface area contributed by atoms with Gasteiger partial charge in [-0.3, -0.25) is 4.79 Å². The number of ether oxygens (including phenoxy) is 1. The minimum atomic E-state index is -4.00. The molecule has 4 rings (SSSR count). The quantitative estimate of drug-likeness (QED) is 0.182. The van der Waals surface area contributed by atoms with Crippen LogP contribution in [0.3, 0.4) is 0 Å².